The molecule has 0 saturated heterocycles. The molecule has 1 saturated carbocycles. The summed E-state index contributed by atoms with van der Waals surface area (Å²) in [6.45, 7) is 8.57. The molecule has 2 N–H and O–H groups in total. The van der Waals surface area contributed by atoms with Crippen LogP contribution in [0.5, 0.6) is 0 Å². The van der Waals surface area contributed by atoms with Crippen LogP contribution >= 0.6 is 0 Å². The number of benzene rings is 1. The van der Waals surface area contributed by atoms with Gasteiger partial charge in [-0.2, -0.15) is 0 Å². The van der Waals surface area contributed by atoms with Crippen LogP contribution in [0.25, 0.3) is 0 Å². The van der Waals surface area contributed by atoms with Crippen molar-refractivity contribution in [2.45, 2.75) is 45.6 Å². The van der Waals surface area contributed by atoms with Gasteiger partial charge in [0.1, 0.15) is 6.54 Å². The van der Waals surface area contributed by atoms with E-state index in [-0.39, 0.29) is 0 Å². The lowest BCUT2D eigenvalue weighted by Gasteiger charge is -2.10. The van der Waals surface area contributed by atoms with Gasteiger partial charge in [0.05, 0.1) is 5.69 Å². The smallest absolute Gasteiger partial charge is 0.191 e. The van der Waals surface area contributed by atoms with Gasteiger partial charge in [-0.1, -0.05) is 49.3 Å². The predicted octanol–water partition coefficient (Wildman–Crippen LogP) is 3.66. The molecule has 3 rings (SSSR count). The van der Waals surface area contributed by atoms with E-state index >= 15 is 0 Å². The van der Waals surface area contributed by atoms with Crippen molar-refractivity contribution in [1.29, 1.82) is 0 Å². The van der Waals surface area contributed by atoms with Crippen LogP contribution in [0.3, 0.4) is 0 Å². The van der Waals surface area contributed by atoms with Crippen LogP contribution in [-0.4, -0.2) is 24.2 Å². The van der Waals surface area contributed by atoms with Crippen molar-refractivity contribution < 1.29 is 4.52 Å². The van der Waals surface area contributed by atoms with E-state index in [1.165, 1.54) is 12.0 Å². The second-order valence-electron chi connectivity index (χ2n) is 6.96. The molecule has 1 aliphatic rings. The highest BCUT2D eigenvalue weighted by atomic mass is 16.5. The van der Waals surface area contributed by atoms with Crippen molar-refractivity contribution in [3.63, 3.8) is 0 Å². The Morgan fingerprint density at radius 3 is 2.76 bits per heavy atom. The number of rotatable bonds is 7. The van der Waals surface area contributed by atoms with Gasteiger partial charge in [0.2, 0.25) is 0 Å². The van der Waals surface area contributed by atoms with E-state index in [4.69, 9.17) is 4.52 Å². The molecule has 5 heteroatoms. The Balaban J connectivity index is 1.51. The summed E-state index contributed by atoms with van der Waals surface area (Å²) in [5.41, 5.74) is 2.42. The Kier molecular flexibility index (Phi) is 5.74. The van der Waals surface area contributed by atoms with E-state index in [0.29, 0.717) is 24.3 Å². The molecule has 1 aromatic carbocycles. The van der Waals surface area contributed by atoms with Gasteiger partial charge in [-0.3, -0.25) is 0 Å². The van der Waals surface area contributed by atoms with Gasteiger partial charge in [-0.05, 0) is 36.7 Å². The number of nitrogens with one attached hydrogen (secondary N) is 2. The lowest BCUT2D eigenvalue weighted by molar-refractivity contribution is 0.376. The van der Waals surface area contributed by atoms with Crippen LogP contribution in [-0.2, 0) is 6.54 Å². The molecule has 1 heterocycles. The first-order chi connectivity index (χ1) is 12.2. The fourth-order valence-electron chi connectivity index (χ4n) is 2.98. The average molecular weight is 340 g/mol. The topological polar surface area (TPSA) is 62.5 Å². The maximum Gasteiger partial charge on any atom is 0.191 e. The van der Waals surface area contributed by atoms with Crippen molar-refractivity contribution in [2.24, 2.45) is 10.9 Å². The molecule has 0 amide bonds. The summed E-state index contributed by atoms with van der Waals surface area (Å²) in [6.07, 6.45) is 1.25. The predicted molar refractivity (Wildman–Crippen MR) is 101 cm³/mol. The van der Waals surface area contributed by atoms with Crippen molar-refractivity contribution in [1.82, 2.24) is 15.8 Å². The summed E-state index contributed by atoms with van der Waals surface area (Å²) in [5, 5.41) is 10.8. The highest BCUT2D eigenvalue weighted by molar-refractivity contribution is 5.79. The SMILES string of the molecule is CCNC(=NCc1cc(C(C)C)no1)NCC1CC1c1ccccc1. The van der Waals surface area contributed by atoms with Gasteiger partial charge < -0.3 is 15.2 Å². The molecule has 134 valence electrons. The van der Waals surface area contributed by atoms with Crippen LogP contribution in [0.2, 0.25) is 0 Å². The zero-order chi connectivity index (χ0) is 17.6. The minimum Gasteiger partial charge on any atom is -0.359 e. The Hall–Kier alpha value is -2.30. The molecule has 0 radical (unpaired) electrons. The summed E-state index contributed by atoms with van der Waals surface area (Å²) in [4.78, 5) is 4.61. The number of nitrogens with zero attached hydrogens (tertiary/aromatic N) is 2. The summed E-state index contributed by atoms with van der Waals surface area (Å²) < 4.78 is 5.35. The monoisotopic (exact) mass is 340 g/mol. The number of aromatic nitrogens is 1. The highest BCUT2D eigenvalue weighted by Gasteiger charge is 2.37. The highest BCUT2D eigenvalue weighted by Crippen LogP contribution is 2.46. The van der Waals surface area contributed by atoms with Crippen molar-refractivity contribution in [3.8, 4) is 0 Å². The minimum absolute atomic E-state index is 0.373. The fourth-order valence-corrected chi connectivity index (χ4v) is 2.98. The standard InChI is InChI=1S/C20H28N4O/c1-4-21-20(23-13-17-11-19(14(2)3)24-25-17)22-12-16-10-18(16)15-8-6-5-7-9-15/h5-9,11,14,16,18H,4,10,12-13H2,1-3H3,(H2,21,22,23). The van der Waals surface area contributed by atoms with E-state index in [1.54, 1.807) is 0 Å². The molecule has 2 aromatic rings. The lowest BCUT2D eigenvalue weighted by atomic mass is 10.1. The van der Waals surface area contributed by atoms with Gasteiger partial charge >= 0.3 is 0 Å². The molecule has 1 aromatic heterocycles. The normalized spacial score (nSPS) is 19.9. The summed E-state index contributed by atoms with van der Waals surface area (Å²) >= 11 is 0. The molecule has 0 aliphatic heterocycles. The Bertz CT molecular complexity index is 693. The Morgan fingerprint density at radius 2 is 2.08 bits per heavy atom. The third-order valence-electron chi connectivity index (χ3n) is 4.59. The van der Waals surface area contributed by atoms with Crippen LogP contribution in [0.15, 0.2) is 45.9 Å². The van der Waals surface area contributed by atoms with Crippen molar-refractivity contribution in [2.75, 3.05) is 13.1 Å². The quantitative estimate of drug-likeness (QED) is 0.596. The fraction of sp³-hybridized carbons (Fsp3) is 0.500. The third-order valence-corrected chi connectivity index (χ3v) is 4.59. The van der Waals surface area contributed by atoms with Gasteiger partial charge in [-0.25, -0.2) is 4.99 Å². The summed E-state index contributed by atoms with van der Waals surface area (Å²) in [7, 11) is 0. The average Bonchev–Trinajstić information content (AvgIpc) is 3.24. The molecule has 2 unspecified atom stereocenters. The molecule has 5 nitrogen and oxygen atoms in total. The van der Waals surface area contributed by atoms with Crippen LogP contribution < -0.4 is 10.6 Å². The molecular formula is C20H28N4O. The van der Waals surface area contributed by atoms with E-state index < -0.39 is 0 Å². The van der Waals surface area contributed by atoms with E-state index in [2.05, 4.69) is 71.9 Å². The van der Waals surface area contributed by atoms with Gasteiger partial charge in [0.15, 0.2) is 11.7 Å². The van der Waals surface area contributed by atoms with E-state index in [9.17, 15) is 0 Å². The first kappa shape index (κ1) is 17.5. The number of hydrogen-bond acceptors (Lipinski definition) is 3. The summed E-state index contributed by atoms with van der Waals surface area (Å²) in [5.74, 6) is 3.37. The van der Waals surface area contributed by atoms with Crippen molar-refractivity contribution >= 4 is 5.96 Å². The van der Waals surface area contributed by atoms with Gasteiger partial charge in [0.25, 0.3) is 0 Å². The zero-order valence-electron chi connectivity index (χ0n) is 15.3. The molecule has 0 bridgehead atoms. The number of hydrogen-bond donors (Lipinski definition) is 2. The van der Waals surface area contributed by atoms with E-state index in [0.717, 1.165) is 30.5 Å². The molecule has 0 spiro atoms. The molecular weight excluding hydrogens is 312 g/mol. The Morgan fingerprint density at radius 1 is 1.28 bits per heavy atom. The zero-order valence-corrected chi connectivity index (χ0v) is 15.3. The molecule has 2 atom stereocenters. The maximum atomic E-state index is 5.35. The van der Waals surface area contributed by atoms with Gasteiger partial charge in [-0.15, -0.1) is 0 Å². The lowest BCUT2D eigenvalue weighted by Crippen LogP contribution is -2.38. The third kappa shape index (κ3) is 4.84. The largest absolute Gasteiger partial charge is 0.359 e. The summed E-state index contributed by atoms with van der Waals surface area (Å²) in [6, 6.07) is 12.7. The second-order valence-corrected chi connectivity index (χ2v) is 6.96. The first-order valence-electron chi connectivity index (χ1n) is 9.20. The van der Waals surface area contributed by atoms with Crippen LogP contribution in [0, 0.1) is 5.92 Å². The maximum absolute atomic E-state index is 5.35. The minimum atomic E-state index is 0.373. The van der Waals surface area contributed by atoms with Crippen LogP contribution in [0.1, 0.15) is 56.0 Å². The Labute approximate surface area is 149 Å². The van der Waals surface area contributed by atoms with Crippen molar-refractivity contribution in [3.05, 3.63) is 53.4 Å². The number of aliphatic imine (C=N–C) groups is 1. The number of guanidine groups is 1. The molecule has 1 fully saturated rings. The second kappa shape index (κ2) is 8.19. The molecule has 1 aliphatic carbocycles. The first-order valence-corrected chi connectivity index (χ1v) is 9.20. The van der Waals surface area contributed by atoms with Gasteiger partial charge in [0, 0.05) is 19.2 Å². The van der Waals surface area contributed by atoms with E-state index in [1.807, 2.05) is 6.07 Å². The van der Waals surface area contributed by atoms with Crippen LogP contribution in [0.4, 0.5) is 0 Å². The molecule has 25 heavy (non-hydrogen) atoms.